The maximum atomic E-state index is 5.63. The normalized spacial score (nSPS) is 13.0. The second-order valence-corrected chi connectivity index (χ2v) is 2.25. The van der Waals surface area contributed by atoms with Crippen molar-refractivity contribution in [2.75, 3.05) is 0 Å². The van der Waals surface area contributed by atoms with E-state index < -0.39 is 0 Å². The Balaban J connectivity index is 2.84. The first-order valence-corrected chi connectivity index (χ1v) is 3.17. The Morgan fingerprint density at radius 1 is 1.80 bits per heavy atom. The van der Waals surface area contributed by atoms with Crippen LogP contribution >= 0.6 is 0 Å². The van der Waals surface area contributed by atoms with Gasteiger partial charge in [0.15, 0.2) is 0 Å². The van der Waals surface area contributed by atoms with Gasteiger partial charge in [-0.25, -0.2) is 0 Å². The zero-order valence-corrected chi connectivity index (χ0v) is 6.00. The third-order valence-electron chi connectivity index (χ3n) is 1.39. The van der Waals surface area contributed by atoms with Gasteiger partial charge in [-0.3, -0.25) is 0 Å². The fourth-order valence-electron chi connectivity index (χ4n) is 0.775. The van der Waals surface area contributed by atoms with Crippen LogP contribution in [0.3, 0.4) is 0 Å². The first kappa shape index (κ1) is 7.09. The number of rotatable bonds is 2. The fraction of sp³-hybridized carbons (Fsp3) is 0.250. The van der Waals surface area contributed by atoms with E-state index in [1.54, 1.807) is 12.3 Å². The first-order chi connectivity index (χ1) is 4.74. The lowest BCUT2D eigenvalue weighted by Crippen LogP contribution is -2.04. The Morgan fingerprint density at radius 2 is 2.50 bits per heavy atom. The van der Waals surface area contributed by atoms with Crippen molar-refractivity contribution in [2.24, 2.45) is 5.73 Å². The number of nitrogens with two attached hydrogens (primary N) is 1. The van der Waals surface area contributed by atoms with Crippen molar-refractivity contribution >= 4 is 0 Å². The summed E-state index contributed by atoms with van der Waals surface area (Å²) >= 11 is 0. The van der Waals surface area contributed by atoms with Gasteiger partial charge in [0.2, 0.25) is 0 Å². The second-order valence-electron chi connectivity index (χ2n) is 2.25. The van der Waals surface area contributed by atoms with Crippen LogP contribution in [-0.2, 0) is 0 Å². The highest BCUT2D eigenvalue weighted by Gasteiger charge is 2.02. The third-order valence-corrected chi connectivity index (χ3v) is 1.39. The molecule has 0 radical (unpaired) electrons. The van der Waals surface area contributed by atoms with Crippen molar-refractivity contribution in [3.05, 3.63) is 36.3 Å². The number of aryl methyl sites for hydroxylation is 1. The van der Waals surface area contributed by atoms with E-state index in [9.17, 15) is 0 Å². The Bertz CT molecular complexity index is 227. The highest BCUT2D eigenvalue weighted by Crippen LogP contribution is 2.13. The summed E-state index contributed by atoms with van der Waals surface area (Å²) in [5, 5.41) is 0. The predicted molar refractivity (Wildman–Crippen MR) is 40.6 cm³/mol. The van der Waals surface area contributed by atoms with Crippen LogP contribution in [0.4, 0.5) is 0 Å². The van der Waals surface area contributed by atoms with Crippen LogP contribution in [-0.4, -0.2) is 0 Å². The molecule has 0 bridgehead atoms. The van der Waals surface area contributed by atoms with Gasteiger partial charge in [0.1, 0.15) is 5.76 Å². The van der Waals surface area contributed by atoms with Crippen LogP contribution < -0.4 is 5.73 Å². The molecule has 10 heavy (non-hydrogen) atoms. The Kier molecular flexibility index (Phi) is 1.92. The van der Waals surface area contributed by atoms with Gasteiger partial charge in [0.25, 0.3) is 0 Å². The third kappa shape index (κ3) is 1.28. The molecule has 1 aromatic rings. The monoisotopic (exact) mass is 137 g/mol. The quantitative estimate of drug-likeness (QED) is 0.631. The molecule has 1 atom stereocenters. The SMILES string of the molecule is C=CC(N)c1coc(C)c1. The molecular weight excluding hydrogens is 126 g/mol. The summed E-state index contributed by atoms with van der Waals surface area (Å²) in [5.74, 6) is 0.882. The van der Waals surface area contributed by atoms with Gasteiger partial charge in [-0.05, 0) is 13.0 Å². The van der Waals surface area contributed by atoms with Crippen molar-refractivity contribution in [1.29, 1.82) is 0 Å². The lowest BCUT2D eigenvalue weighted by Gasteiger charge is -1.98. The van der Waals surface area contributed by atoms with E-state index in [0.717, 1.165) is 11.3 Å². The van der Waals surface area contributed by atoms with Crippen LogP contribution in [0.15, 0.2) is 29.4 Å². The van der Waals surface area contributed by atoms with Crippen LogP contribution in [0, 0.1) is 6.92 Å². The van der Waals surface area contributed by atoms with Crippen molar-refractivity contribution in [1.82, 2.24) is 0 Å². The zero-order chi connectivity index (χ0) is 7.56. The summed E-state index contributed by atoms with van der Waals surface area (Å²) in [5.41, 5.74) is 6.61. The van der Waals surface area contributed by atoms with Crippen molar-refractivity contribution in [2.45, 2.75) is 13.0 Å². The summed E-state index contributed by atoms with van der Waals surface area (Å²) in [4.78, 5) is 0. The molecule has 0 aromatic carbocycles. The minimum atomic E-state index is -0.0996. The topological polar surface area (TPSA) is 39.2 Å². The Morgan fingerprint density at radius 3 is 2.90 bits per heavy atom. The molecule has 2 N–H and O–H groups in total. The van der Waals surface area contributed by atoms with Crippen molar-refractivity contribution in [3.8, 4) is 0 Å². The summed E-state index contributed by atoms with van der Waals surface area (Å²) < 4.78 is 5.06. The average molecular weight is 137 g/mol. The minimum absolute atomic E-state index is 0.0996. The zero-order valence-electron chi connectivity index (χ0n) is 6.00. The van der Waals surface area contributed by atoms with Gasteiger partial charge < -0.3 is 10.2 Å². The number of furan rings is 1. The van der Waals surface area contributed by atoms with Gasteiger partial charge in [-0.1, -0.05) is 6.08 Å². The van der Waals surface area contributed by atoms with Gasteiger partial charge in [-0.2, -0.15) is 0 Å². The molecule has 0 aliphatic rings. The molecule has 0 saturated heterocycles. The van der Waals surface area contributed by atoms with E-state index >= 15 is 0 Å². The predicted octanol–water partition coefficient (Wildman–Crippen LogP) is 1.77. The van der Waals surface area contributed by atoms with Crippen molar-refractivity contribution < 1.29 is 4.42 Å². The van der Waals surface area contributed by atoms with Gasteiger partial charge in [-0.15, -0.1) is 6.58 Å². The van der Waals surface area contributed by atoms with E-state index in [4.69, 9.17) is 10.2 Å². The fourth-order valence-corrected chi connectivity index (χ4v) is 0.775. The number of hydrogen-bond donors (Lipinski definition) is 1. The van der Waals surface area contributed by atoms with Crippen LogP contribution in [0.25, 0.3) is 0 Å². The maximum absolute atomic E-state index is 5.63. The molecule has 0 saturated carbocycles. The molecule has 0 spiro atoms. The number of hydrogen-bond acceptors (Lipinski definition) is 2. The van der Waals surface area contributed by atoms with E-state index in [-0.39, 0.29) is 6.04 Å². The highest BCUT2D eigenvalue weighted by molar-refractivity contribution is 5.19. The lowest BCUT2D eigenvalue weighted by atomic mass is 10.1. The maximum Gasteiger partial charge on any atom is 0.101 e. The molecule has 0 aliphatic carbocycles. The largest absolute Gasteiger partial charge is 0.469 e. The van der Waals surface area contributed by atoms with Gasteiger partial charge >= 0.3 is 0 Å². The summed E-state index contributed by atoms with van der Waals surface area (Å²) in [6.45, 7) is 5.47. The molecule has 1 unspecified atom stereocenters. The first-order valence-electron chi connectivity index (χ1n) is 3.17. The van der Waals surface area contributed by atoms with E-state index in [0.29, 0.717) is 0 Å². The van der Waals surface area contributed by atoms with E-state index in [1.165, 1.54) is 0 Å². The van der Waals surface area contributed by atoms with Crippen molar-refractivity contribution in [3.63, 3.8) is 0 Å². The van der Waals surface area contributed by atoms with Gasteiger partial charge in [0, 0.05) is 5.56 Å². The lowest BCUT2D eigenvalue weighted by molar-refractivity contribution is 0.531. The summed E-state index contributed by atoms with van der Waals surface area (Å²) in [7, 11) is 0. The molecule has 2 heteroatoms. The van der Waals surface area contributed by atoms with E-state index in [2.05, 4.69) is 6.58 Å². The molecule has 54 valence electrons. The summed E-state index contributed by atoms with van der Waals surface area (Å²) in [6, 6.07) is 1.81. The molecule has 1 rings (SSSR count). The average Bonchev–Trinajstić information content (AvgIpc) is 2.34. The standard InChI is InChI=1S/C8H11NO/c1-3-8(9)7-4-6(2)10-5-7/h3-5,8H,1,9H2,2H3. The Hall–Kier alpha value is -1.02. The van der Waals surface area contributed by atoms with Crippen LogP contribution in [0.1, 0.15) is 17.4 Å². The second kappa shape index (κ2) is 2.71. The molecule has 0 fully saturated rings. The molecule has 1 aromatic heterocycles. The molecule has 0 aliphatic heterocycles. The summed E-state index contributed by atoms with van der Waals surface area (Å²) in [6.07, 6.45) is 3.34. The molecule has 1 heterocycles. The Labute approximate surface area is 60.3 Å². The minimum Gasteiger partial charge on any atom is -0.469 e. The van der Waals surface area contributed by atoms with Crippen LogP contribution in [0.5, 0.6) is 0 Å². The van der Waals surface area contributed by atoms with E-state index in [1.807, 2.05) is 13.0 Å². The van der Waals surface area contributed by atoms with Gasteiger partial charge in [0.05, 0.1) is 12.3 Å². The highest BCUT2D eigenvalue weighted by atomic mass is 16.3. The molecule has 0 amide bonds. The molecular formula is C8H11NO. The van der Waals surface area contributed by atoms with Crippen LogP contribution in [0.2, 0.25) is 0 Å². The molecule has 2 nitrogen and oxygen atoms in total. The smallest absolute Gasteiger partial charge is 0.101 e.